The summed E-state index contributed by atoms with van der Waals surface area (Å²) in [5, 5.41) is 0.656. The molecule has 1 heterocycles. The number of carbonyl (C=O) groups excluding carboxylic acids is 1. The fourth-order valence-electron chi connectivity index (χ4n) is 2.03. The summed E-state index contributed by atoms with van der Waals surface area (Å²) in [7, 11) is 1.35. The monoisotopic (exact) mass is 245 g/mol. The van der Waals surface area contributed by atoms with Crippen LogP contribution in [0.2, 0.25) is 0 Å². The van der Waals surface area contributed by atoms with Crippen LogP contribution in [0.5, 0.6) is 0 Å². The average Bonchev–Trinajstić information content (AvgIpc) is 2.38. The van der Waals surface area contributed by atoms with E-state index in [1.807, 2.05) is 25.1 Å². The van der Waals surface area contributed by atoms with E-state index in [1.165, 1.54) is 7.11 Å². The molecule has 0 bridgehead atoms. The van der Waals surface area contributed by atoms with Crippen LogP contribution in [0.25, 0.3) is 10.9 Å². The van der Waals surface area contributed by atoms with Crippen molar-refractivity contribution in [1.29, 1.82) is 0 Å². The van der Waals surface area contributed by atoms with Crippen LogP contribution in [0.1, 0.15) is 17.7 Å². The first kappa shape index (κ1) is 12.4. The van der Waals surface area contributed by atoms with E-state index in [1.54, 1.807) is 6.07 Å². The van der Waals surface area contributed by atoms with Crippen molar-refractivity contribution in [3.8, 4) is 0 Å². The number of aromatic amines is 1. The van der Waals surface area contributed by atoms with Crippen LogP contribution in [0.15, 0.2) is 29.1 Å². The second-order valence-corrected chi connectivity index (χ2v) is 4.18. The number of aryl methyl sites for hydroxylation is 1. The minimum absolute atomic E-state index is 0.00856. The first-order valence-corrected chi connectivity index (χ1v) is 5.81. The molecule has 0 amide bonds. The Morgan fingerprint density at radius 2 is 2.06 bits per heavy atom. The Hall–Kier alpha value is -2.10. The number of carbonyl (C=O) groups is 1. The lowest BCUT2D eigenvalue weighted by Crippen LogP contribution is -2.15. The highest BCUT2D eigenvalue weighted by Crippen LogP contribution is 2.12. The Labute approximate surface area is 105 Å². The Morgan fingerprint density at radius 1 is 1.33 bits per heavy atom. The maximum Gasteiger partial charge on any atom is 0.305 e. The Bertz CT molecular complexity index is 643. The Kier molecular flexibility index (Phi) is 3.46. The molecule has 1 N–H and O–H groups in total. The van der Waals surface area contributed by atoms with Gasteiger partial charge in [0, 0.05) is 28.6 Å². The smallest absolute Gasteiger partial charge is 0.305 e. The molecule has 0 radical (unpaired) electrons. The zero-order chi connectivity index (χ0) is 13.1. The van der Waals surface area contributed by atoms with Crippen molar-refractivity contribution < 1.29 is 9.53 Å². The molecule has 0 aliphatic heterocycles. The van der Waals surface area contributed by atoms with Gasteiger partial charge in [-0.25, -0.2) is 0 Å². The van der Waals surface area contributed by atoms with Crippen LogP contribution in [0.4, 0.5) is 0 Å². The molecule has 94 valence electrons. The largest absolute Gasteiger partial charge is 0.469 e. The second kappa shape index (κ2) is 5.04. The molecule has 0 aliphatic carbocycles. The first-order chi connectivity index (χ1) is 8.63. The lowest BCUT2D eigenvalue weighted by Gasteiger charge is -2.07. The van der Waals surface area contributed by atoms with Crippen LogP contribution in [-0.2, 0) is 16.0 Å². The SMILES string of the molecule is COC(=O)CCc1c(C)[nH]c2ccccc2c1=O. The molecule has 1 aromatic heterocycles. The van der Waals surface area contributed by atoms with Crippen LogP contribution >= 0.6 is 0 Å². The van der Waals surface area contributed by atoms with Crippen molar-refractivity contribution in [1.82, 2.24) is 4.98 Å². The normalized spacial score (nSPS) is 10.6. The highest BCUT2D eigenvalue weighted by atomic mass is 16.5. The van der Waals surface area contributed by atoms with Crippen LogP contribution < -0.4 is 5.43 Å². The summed E-state index contributed by atoms with van der Waals surface area (Å²) in [6.45, 7) is 1.85. The lowest BCUT2D eigenvalue weighted by atomic mass is 10.0. The molecule has 0 saturated heterocycles. The molecular weight excluding hydrogens is 230 g/mol. The standard InChI is InChI=1S/C14H15NO3/c1-9-10(7-8-13(16)18-2)14(17)11-5-3-4-6-12(11)15-9/h3-6H,7-8H2,1-2H3,(H,15,17). The van der Waals surface area contributed by atoms with Gasteiger partial charge in [0.25, 0.3) is 0 Å². The summed E-state index contributed by atoms with van der Waals surface area (Å²) in [6, 6.07) is 7.37. The third-order valence-electron chi connectivity index (χ3n) is 3.03. The molecule has 0 unspecified atom stereocenters. The van der Waals surface area contributed by atoms with Gasteiger partial charge in [-0.3, -0.25) is 9.59 Å². The van der Waals surface area contributed by atoms with Crippen molar-refractivity contribution in [2.24, 2.45) is 0 Å². The highest BCUT2D eigenvalue weighted by Gasteiger charge is 2.10. The molecule has 0 fully saturated rings. The van der Waals surface area contributed by atoms with Gasteiger partial charge in [-0.2, -0.15) is 0 Å². The highest BCUT2D eigenvalue weighted by molar-refractivity contribution is 5.79. The summed E-state index contributed by atoms with van der Waals surface area (Å²) in [5.41, 5.74) is 2.27. The number of hydrogen-bond donors (Lipinski definition) is 1. The van der Waals surface area contributed by atoms with Crippen molar-refractivity contribution in [2.75, 3.05) is 7.11 Å². The molecule has 0 atom stereocenters. The average molecular weight is 245 g/mol. The molecule has 18 heavy (non-hydrogen) atoms. The Balaban J connectivity index is 2.44. The summed E-state index contributed by atoms with van der Waals surface area (Å²) in [5.74, 6) is -0.304. The Morgan fingerprint density at radius 3 is 2.78 bits per heavy atom. The van der Waals surface area contributed by atoms with Gasteiger partial charge >= 0.3 is 5.97 Å². The number of nitrogens with one attached hydrogen (secondary N) is 1. The first-order valence-electron chi connectivity index (χ1n) is 5.81. The number of benzene rings is 1. The number of rotatable bonds is 3. The number of ether oxygens (including phenoxy) is 1. The number of H-pyrrole nitrogens is 1. The van der Waals surface area contributed by atoms with Crippen molar-refractivity contribution in [3.05, 3.63) is 45.7 Å². The molecule has 0 saturated carbocycles. The zero-order valence-electron chi connectivity index (χ0n) is 10.4. The number of fused-ring (bicyclic) bond motifs is 1. The van der Waals surface area contributed by atoms with Gasteiger partial charge in [0.15, 0.2) is 5.43 Å². The predicted octanol–water partition coefficient (Wildman–Crippen LogP) is 1.94. The van der Waals surface area contributed by atoms with E-state index in [2.05, 4.69) is 9.72 Å². The van der Waals surface area contributed by atoms with E-state index in [-0.39, 0.29) is 17.8 Å². The second-order valence-electron chi connectivity index (χ2n) is 4.18. The van der Waals surface area contributed by atoms with Crippen molar-refractivity contribution in [3.63, 3.8) is 0 Å². The summed E-state index contributed by atoms with van der Waals surface area (Å²) in [4.78, 5) is 26.6. The zero-order valence-corrected chi connectivity index (χ0v) is 10.4. The molecule has 4 heteroatoms. The molecule has 4 nitrogen and oxygen atoms in total. The van der Waals surface area contributed by atoms with E-state index in [9.17, 15) is 9.59 Å². The minimum Gasteiger partial charge on any atom is -0.469 e. The van der Waals surface area contributed by atoms with Gasteiger partial charge < -0.3 is 9.72 Å². The van der Waals surface area contributed by atoms with Crippen molar-refractivity contribution >= 4 is 16.9 Å². The minimum atomic E-state index is -0.304. The molecular formula is C14H15NO3. The van der Waals surface area contributed by atoms with Gasteiger partial charge in [0.05, 0.1) is 7.11 Å². The van der Waals surface area contributed by atoms with E-state index < -0.39 is 0 Å². The maximum atomic E-state index is 12.3. The molecule has 1 aromatic carbocycles. The van der Waals surface area contributed by atoms with Crippen LogP contribution in [0, 0.1) is 6.92 Å². The third kappa shape index (κ3) is 2.27. The number of para-hydroxylation sites is 1. The van der Waals surface area contributed by atoms with E-state index in [4.69, 9.17) is 0 Å². The van der Waals surface area contributed by atoms with Crippen LogP contribution in [0.3, 0.4) is 0 Å². The number of aromatic nitrogens is 1. The molecule has 2 aromatic rings. The van der Waals surface area contributed by atoms with Gasteiger partial charge in [-0.15, -0.1) is 0 Å². The molecule has 2 rings (SSSR count). The van der Waals surface area contributed by atoms with Gasteiger partial charge in [-0.05, 0) is 25.5 Å². The van der Waals surface area contributed by atoms with E-state index >= 15 is 0 Å². The van der Waals surface area contributed by atoms with E-state index in [0.29, 0.717) is 17.4 Å². The van der Waals surface area contributed by atoms with Gasteiger partial charge in [-0.1, -0.05) is 12.1 Å². The number of esters is 1. The number of hydrogen-bond acceptors (Lipinski definition) is 3. The summed E-state index contributed by atoms with van der Waals surface area (Å²) >= 11 is 0. The van der Waals surface area contributed by atoms with Gasteiger partial charge in [0.1, 0.15) is 0 Å². The quantitative estimate of drug-likeness (QED) is 0.841. The maximum absolute atomic E-state index is 12.3. The third-order valence-corrected chi connectivity index (χ3v) is 3.03. The van der Waals surface area contributed by atoms with Crippen LogP contribution in [-0.4, -0.2) is 18.1 Å². The van der Waals surface area contributed by atoms with E-state index in [0.717, 1.165) is 11.2 Å². The number of pyridine rings is 1. The topological polar surface area (TPSA) is 59.2 Å². The predicted molar refractivity (Wildman–Crippen MR) is 69.6 cm³/mol. The lowest BCUT2D eigenvalue weighted by molar-refractivity contribution is -0.140. The summed E-state index contributed by atoms with van der Waals surface area (Å²) in [6.07, 6.45) is 0.622. The van der Waals surface area contributed by atoms with Gasteiger partial charge in [0.2, 0.25) is 0 Å². The summed E-state index contributed by atoms with van der Waals surface area (Å²) < 4.78 is 4.59. The molecule has 0 spiro atoms. The number of methoxy groups -OCH3 is 1. The molecule has 0 aliphatic rings. The van der Waals surface area contributed by atoms with Crippen molar-refractivity contribution in [2.45, 2.75) is 19.8 Å². The fraction of sp³-hybridized carbons (Fsp3) is 0.286. The fourth-order valence-corrected chi connectivity index (χ4v) is 2.03.